The first-order chi connectivity index (χ1) is 9.60. The van der Waals surface area contributed by atoms with Crippen molar-refractivity contribution in [2.75, 3.05) is 32.7 Å². The van der Waals surface area contributed by atoms with E-state index < -0.39 is 6.03 Å². The highest BCUT2D eigenvalue weighted by Gasteiger charge is 2.27. The van der Waals surface area contributed by atoms with E-state index in [0.717, 1.165) is 32.6 Å². The number of hydrogen-bond acceptors (Lipinski definition) is 3. The highest BCUT2D eigenvalue weighted by Crippen LogP contribution is 2.19. The lowest BCUT2D eigenvalue weighted by Gasteiger charge is -2.33. The monoisotopic (exact) mass is 286 g/mol. The van der Waals surface area contributed by atoms with Gasteiger partial charge in [-0.2, -0.15) is 0 Å². The number of urea groups is 1. The summed E-state index contributed by atoms with van der Waals surface area (Å²) in [5.41, 5.74) is 5.25. The number of hydrogen-bond donors (Lipinski definition) is 4. The minimum atomic E-state index is -0.440. The summed E-state index contributed by atoms with van der Waals surface area (Å²) < 4.78 is 0. The Morgan fingerprint density at radius 1 is 0.950 bits per heavy atom. The number of carbonyl (C=O) groups is 1. The minimum absolute atomic E-state index is 0.0382. The van der Waals surface area contributed by atoms with Crippen LogP contribution in [0.5, 0.6) is 0 Å². The zero-order valence-corrected chi connectivity index (χ0v) is 13.6. The number of rotatable bonds is 13. The van der Waals surface area contributed by atoms with Gasteiger partial charge in [-0.05, 0) is 32.4 Å². The van der Waals surface area contributed by atoms with Crippen molar-refractivity contribution in [1.82, 2.24) is 16.0 Å². The average Bonchev–Trinajstić information content (AvgIpc) is 2.45. The first-order valence-corrected chi connectivity index (χ1v) is 8.05. The Morgan fingerprint density at radius 3 is 1.80 bits per heavy atom. The second-order valence-corrected chi connectivity index (χ2v) is 5.63. The summed E-state index contributed by atoms with van der Waals surface area (Å²) >= 11 is 0. The van der Waals surface area contributed by atoms with Crippen LogP contribution < -0.4 is 21.7 Å². The van der Waals surface area contributed by atoms with Crippen LogP contribution in [0.2, 0.25) is 0 Å². The van der Waals surface area contributed by atoms with Gasteiger partial charge in [0, 0.05) is 25.0 Å². The van der Waals surface area contributed by atoms with Crippen LogP contribution in [0.1, 0.15) is 52.9 Å². The van der Waals surface area contributed by atoms with Crippen LogP contribution in [0.15, 0.2) is 0 Å². The molecule has 120 valence electrons. The molecule has 20 heavy (non-hydrogen) atoms. The number of amides is 2. The molecule has 5 nitrogen and oxygen atoms in total. The van der Waals surface area contributed by atoms with Crippen LogP contribution in [-0.2, 0) is 0 Å². The van der Waals surface area contributed by atoms with E-state index in [0.29, 0.717) is 6.54 Å². The fraction of sp³-hybridized carbons (Fsp3) is 0.933. The number of carbonyl (C=O) groups excluding carboxylic acids is 1. The smallest absolute Gasteiger partial charge is 0.312 e. The Balaban J connectivity index is 4.31. The van der Waals surface area contributed by atoms with Crippen molar-refractivity contribution >= 4 is 6.03 Å². The highest BCUT2D eigenvalue weighted by molar-refractivity contribution is 5.71. The molecule has 2 amide bonds. The molecule has 0 radical (unpaired) electrons. The molecule has 0 spiro atoms. The Morgan fingerprint density at radius 2 is 1.45 bits per heavy atom. The van der Waals surface area contributed by atoms with Crippen molar-refractivity contribution in [1.29, 1.82) is 0 Å². The van der Waals surface area contributed by atoms with Gasteiger partial charge in [0.1, 0.15) is 0 Å². The van der Waals surface area contributed by atoms with E-state index in [1.807, 2.05) is 0 Å². The van der Waals surface area contributed by atoms with Crippen LogP contribution in [0.3, 0.4) is 0 Å². The maximum atomic E-state index is 11.0. The third-order valence-electron chi connectivity index (χ3n) is 3.80. The number of primary amides is 1. The predicted octanol–water partition coefficient (Wildman–Crippen LogP) is 1.83. The van der Waals surface area contributed by atoms with Crippen molar-refractivity contribution in [2.24, 2.45) is 11.1 Å². The van der Waals surface area contributed by atoms with E-state index >= 15 is 0 Å². The van der Waals surface area contributed by atoms with Crippen LogP contribution in [0.4, 0.5) is 4.79 Å². The van der Waals surface area contributed by atoms with Gasteiger partial charge in [0.25, 0.3) is 0 Å². The highest BCUT2D eigenvalue weighted by atomic mass is 16.2. The zero-order chi connectivity index (χ0) is 15.3. The summed E-state index contributed by atoms with van der Waals surface area (Å²) in [5.74, 6) is 0. The SMILES string of the molecule is CCCCNCC(CC)(CNCCCC)CNC(N)=O. The minimum Gasteiger partial charge on any atom is -0.352 e. The van der Waals surface area contributed by atoms with Crippen molar-refractivity contribution < 1.29 is 4.79 Å². The first kappa shape index (κ1) is 19.2. The topological polar surface area (TPSA) is 79.2 Å². The fourth-order valence-corrected chi connectivity index (χ4v) is 2.15. The molecule has 0 aromatic rings. The summed E-state index contributed by atoms with van der Waals surface area (Å²) in [6.07, 6.45) is 5.77. The molecule has 5 heteroatoms. The molecule has 0 unspecified atom stereocenters. The zero-order valence-electron chi connectivity index (χ0n) is 13.6. The lowest BCUT2D eigenvalue weighted by atomic mass is 9.84. The van der Waals surface area contributed by atoms with E-state index in [2.05, 4.69) is 36.7 Å². The molecule has 0 fully saturated rings. The Bertz CT molecular complexity index is 234. The van der Waals surface area contributed by atoms with Gasteiger partial charge in [-0.15, -0.1) is 0 Å². The Labute approximate surface area is 124 Å². The standard InChI is InChI=1S/C15H34N4O/c1-4-7-9-17-11-15(6-3,13-19-14(16)20)12-18-10-8-5-2/h17-18H,4-13H2,1-3H3,(H3,16,19,20). The van der Waals surface area contributed by atoms with Gasteiger partial charge in [0.05, 0.1) is 0 Å². The van der Waals surface area contributed by atoms with Crippen LogP contribution >= 0.6 is 0 Å². The summed E-state index contributed by atoms with van der Waals surface area (Å²) in [4.78, 5) is 11.0. The van der Waals surface area contributed by atoms with Gasteiger partial charge in [-0.25, -0.2) is 4.79 Å². The molecular weight excluding hydrogens is 252 g/mol. The average molecular weight is 286 g/mol. The second kappa shape index (κ2) is 12.0. The normalized spacial score (nSPS) is 11.6. The molecule has 0 aromatic carbocycles. The molecule has 0 aliphatic carbocycles. The fourth-order valence-electron chi connectivity index (χ4n) is 2.15. The molecule has 0 aromatic heterocycles. The quantitative estimate of drug-likeness (QED) is 0.390. The molecule has 5 N–H and O–H groups in total. The van der Waals surface area contributed by atoms with Gasteiger partial charge < -0.3 is 21.7 Å². The third kappa shape index (κ3) is 9.15. The first-order valence-electron chi connectivity index (χ1n) is 8.05. The van der Waals surface area contributed by atoms with Crippen molar-refractivity contribution in [2.45, 2.75) is 52.9 Å². The van der Waals surface area contributed by atoms with Crippen molar-refractivity contribution in [3.63, 3.8) is 0 Å². The summed E-state index contributed by atoms with van der Waals surface area (Å²) in [5, 5.41) is 9.80. The lowest BCUT2D eigenvalue weighted by Crippen LogP contribution is -2.50. The lowest BCUT2D eigenvalue weighted by molar-refractivity contribution is 0.220. The van der Waals surface area contributed by atoms with Gasteiger partial charge in [0.15, 0.2) is 0 Å². The summed E-state index contributed by atoms with van der Waals surface area (Å²) in [7, 11) is 0. The second-order valence-electron chi connectivity index (χ2n) is 5.63. The Hall–Kier alpha value is -0.810. The number of nitrogens with two attached hydrogens (primary N) is 1. The van der Waals surface area contributed by atoms with Crippen LogP contribution in [0.25, 0.3) is 0 Å². The summed E-state index contributed by atoms with van der Waals surface area (Å²) in [6, 6.07) is -0.440. The van der Waals surface area contributed by atoms with Crippen molar-refractivity contribution in [3.05, 3.63) is 0 Å². The van der Waals surface area contributed by atoms with Gasteiger partial charge >= 0.3 is 6.03 Å². The number of nitrogens with one attached hydrogen (secondary N) is 3. The van der Waals surface area contributed by atoms with Gasteiger partial charge in [0.2, 0.25) is 0 Å². The Kier molecular flexibility index (Phi) is 11.5. The molecular formula is C15H34N4O. The van der Waals surface area contributed by atoms with E-state index in [9.17, 15) is 4.79 Å². The maximum absolute atomic E-state index is 11.0. The van der Waals surface area contributed by atoms with Gasteiger partial charge in [-0.1, -0.05) is 33.6 Å². The molecule has 0 saturated carbocycles. The predicted molar refractivity (Wildman–Crippen MR) is 85.9 cm³/mol. The number of unbranched alkanes of at least 4 members (excludes halogenated alkanes) is 2. The molecule has 0 atom stereocenters. The maximum Gasteiger partial charge on any atom is 0.312 e. The molecule has 0 bridgehead atoms. The van der Waals surface area contributed by atoms with E-state index in [1.54, 1.807) is 0 Å². The van der Waals surface area contributed by atoms with Crippen LogP contribution in [-0.4, -0.2) is 38.8 Å². The van der Waals surface area contributed by atoms with Gasteiger partial charge in [-0.3, -0.25) is 0 Å². The van der Waals surface area contributed by atoms with E-state index in [4.69, 9.17) is 5.73 Å². The molecule has 0 aliphatic heterocycles. The third-order valence-corrected chi connectivity index (χ3v) is 3.80. The summed E-state index contributed by atoms with van der Waals surface area (Å²) in [6.45, 7) is 11.0. The molecule has 0 rings (SSSR count). The van der Waals surface area contributed by atoms with E-state index in [1.165, 1.54) is 25.7 Å². The van der Waals surface area contributed by atoms with Crippen LogP contribution in [0, 0.1) is 5.41 Å². The molecule has 0 aliphatic rings. The van der Waals surface area contributed by atoms with Crippen molar-refractivity contribution in [3.8, 4) is 0 Å². The van der Waals surface area contributed by atoms with E-state index in [-0.39, 0.29) is 5.41 Å². The largest absolute Gasteiger partial charge is 0.352 e. The molecule has 0 heterocycles. The molecule has 0 saturated heterocycles.